The van der Waals surface area contributed by atoms with E-state index in [1.807, 2.05) is 6.92 Å². The van der Waals surface area contributed by atoms with Crippen molar-refractivity contribution < 1.29 is 4.79 Å². The molecule has 1 fully saturated rings. The number of H-pyrrole nitrogens is 1. The van der Waals surface area contributed by atoms with E-state index in [4.69, 9.17) is 0 Å². The van der Waals surface area contributed by atoms with E-state index < -0.39 is 0 Å². The summed E-state index contributed by atoms with van der Waals surface area (Å²) in [5.41, 5.74) is 3.68. The average molecular weight is 352 g/mol. The summed E-state index contributed by atoms with van der Waals surface area (Å²) in [5, 5.41) is 3.31. The summed E-state index contributed by atoms with van der Waals surface area (Å²) >= 11 is 0. The number of nitrogens with one attached hydrogen (secondary N) is 2. The van der Waals surface area contributed by atoms with Gasteiger partial charge in [-0.25, -0.2) is 4.98 Å². The SMILES string of the molecule is Cc1nc2c([nH]1)C[C@H](C(=O)NC1CCN(Cc3ccccc3)CC1)CC2. The van der Waals surface area contributed by atoms with Gasteiger partial charge in [0.1, 0.15) is 5.82 Å². The number of fused-ring (bicyclic) bond motifs is 1. The van der Waals surface area contributed by atoms with Crippen LogP contribution in [0.5, 0.6) is 0 Å². The summed E-state index contributed by atoms with van der Waals surface area (Å²) in [7, 11) is 0. The van der Waals surface area contributed by atoms with Crippen LogP contribution >= 0.6 is 0 Å². The first-order chi connectivity index (χ1) is 12.7. The van der Waals surface area contributed by atoms with Crippen LogP contribution in [0, 0.1) is 12.8 Å². The maximum absolute atomic E-state index is 12.7. The molecule has 1 aromatic heterocycles. The van der Waals surface area contributed by atoms with Gasteiger partial charge in [-0.3, -0.25) is 9.69 Å². The van der Waals surface area contributed by atoms with Gasteiger partial charge in [0.25, 0.3) is 0 Å². The molecule has 0 spiro atoms. The molecule has 2 N–H and O–H groups in total. The zero-order valence-electron chi connectivity index (χ0n) is 15.5. The van der Waals surface area contributed by atoms with Crippen LogP contribution in [0.4, 0.5) is 0 Å². The van der Waals surface area contributed by atoms with Crippen molar-refractivity contribution in [2.24, 2.45) is 5.92 Å². The number of piperidine rings is 1. The van der Waals surface area contributed by atoms with Crippen LogP contribution in [-0.2, 0) is 24.2 Å². The Morgan fingerprint density at radius 1 is 1.23 bits per heavy atom. The minimum atomic E-state index is 0.0877. The molecule has 0 bridgehead atoms. The number of aryl methyl sites for hydroxylation is 2. The maximum Gasteiger partial charge on any atom is 0.223 e. The number of amides is 1. The minimum absolute atomic E-state index is 0.0877. The highest BCUT2D eigenvalue weighted by Gasteiger charge is 2.29. The number of hydrogen-bond donors (Lipinski definition) is 2. The molecule has 4 rings (SSSR count). The number of carbonyl (C=O) groups is 1. The Morgan fingerprint density at radius 2 is 2.00 bits per heavy atom. The molecule has 2 aromatic rings. The number of aromatic amines is 1. The Hall–Kier alpha value is -2.14. The van der Waals surface area contributed by atoms with Crippen LogP contribution < -0.4 is 5.32 Å². The van der Waals surface area contributed by atoms with E-state index in [0.717, 1.165) is 69.0 Å². The normalized spacial score (nSPS) is 21.3. The summed E-state index contributed by atoms with van der Waals surface area (Å²) < 4.78 is 0. The molecule has 5 heteroatoms. The van der Waals surface area contributed by atoms with Gasteiger partial charge in [0.05, 0.1) is 5.69 Å². The van der Waals surface area contributed by atoms with Gasteiger partial charge in [-0.15, -0.1) is 0 Å². The number of aromatic nitrogens is 2. The van der Waals surface area contributed by atoms with E-state index in [2.05, 4.69) is 50.5 Å². The molecular weight excluding hydrogens is 324 g/mol. The molecule has 1 aliphatic heterocycles. The summed E-state index contributed by atoms with van der Waals surface area (Å²) in [5.74, 6) is 1.27. The van der Waals surface area contributed by atoms with E-state index in [0.29, 0.717) is 6.04 Å². The summed E-state index contributed by atoms with van der Waals surface area (Å²) in [6.07, 6.45) is 4.71. The van der Waals surface area contributed by atoms with E-state index >= 15 is 0 Å². The molecular formula is C21H28N4O. The van der Waals surface area contributed by atoms with Crippen LogP contribution in [0.3, 0.4) is 0 Å². The number of nitrogens with zero attached hydrogens (tertiary/aromatic N) is 2. The molecule has 2 aliphatic rings. The van der Waals surface area contributed by atoms with Gasteiger partial charge in [-0.2, -0.15) is 0 Å². The van der Waals surface area contributed by atoms with Crippen molar-refractivity contribution >= 4 is 5.91 Å². The molecule has 1 saturated heterocycles. The van der Waals surface area contributed by atoms with Crippen molar-refractivity contribution in [3.63, 3.8) is 0 Å². The van der Waals surface area contributed by atoms with Gasteiger partial charge in [-0.05, 0) is 38.2 Å². The first kappa shape index (κ1) is 17.3. The molecule has 0 unspecified atom stereocenters. The topological polar surface area (TPSA) is 61.0 Å². The second-order valence-electron chi connectivity index (χ2n) is 7.73. The van der Waals surface area contributed by atoms with Crippen molar-refractivity contribution in [3.8, 4) is 0 Å². The number of imidazole rings is 1. The van der Waals surface area contributed by atoms with E-state index in [1.54, 1.807) is 0 Å². The maximum atomic E-state index is 12.7. The minimum Gasteiger partial charge on any atom is -0.353 e. The first-order valence-corrected chi connectivity index (χ1v) is 9.78. The van der Waals surface area contributed by atoms with Crippen LogP contribution in [0.2, 0.25) is 0 Å². The van der Waals surface area contributed by atoms with Gasteiger partial charge in [0, 0.05) is 43.7 Å². The number of likely N-dealkylation sites (tertiary alicyclic amines) is 1. The van der Waals surface area contributed by atoms with Crippen LogP contribution in [0.15, 0.2) is 30.3 Å². The molecule has 26 heavy (non-hydrogen) atoms. The van der Waals surface area contributed by atoms with Crippen molar-refractivity contribution in [2.45, 2.75) is 51.6 Å². The number of carbonyl (C=O) groups excluding carboxylic acids is 1. The Labute approximate surface area is 155 Å². The van der Waals surface area contributed by atoms with Crippen LogP contribution in [0.25, 0.3) is 0 Å². The lowest BCUT2D eigenvalue weighted by Crippen LogP contribution is -2.46. The highest BCUT2D eigenvalue weighted by Crippen LogP contribution is 2.24. The van der Waals surface area contributed by atoms with Gasteiger partial charge in [0.2, 0.25) is 5.91 Å². The molecule has 2 heterocycles. The molecule has 5 nitrogen and oxygen atoms in total. The number of rotatable bonds is 4. The van der Waals surface area contributed by atoms with Crippen LogP contribution in [-0.4, -0.2) is 39.9 Å². The summed E-state index contributed by atoms with van der Waals surface area (Å²) in [6, 6.07) is 10.9. The third-order valence-electron chi connectivity index (χ3n) is 5.72. The van der Waals surface area contributed by atoms with Gasteiger partial charge in [-0.1, -0.05) is 30.3 Å². The third kappa shape index (κ3) is 3.98. The molecule has 1 atom stereocenters. The fourth-order valence-corrected chi connectivity index (χ4v) is 4.24. The van der Waals surface area contributed by atoms with Crippen molar-refractivity contribution in [1.29, 1.82) is 0 Å². The predicted octanol–water partition coefficient (Wildman–Crippen LogP) is 2.60. The largest absolute Gasteiger partial charge is 0.353 e. The Morgan fingerprint density at radius 3 is 2.77 bits per heavy atom. The second-order valence-corrected chi connectivity index (χ2v) is 7.73. The summed E-state index contributed by atoms with van der Waals surface area (Å²) in [6.45, 7) is 5.09. The fraction of sp³-hybridized carbons (Fsp3) is 0.524. The second kappa shape index (κ2) is 7.62. The molecule has 1 aromatic carbocycles. The molecule has 1 aliphatic carbocycles. The third-order valence-corrected chi connectivity index (χ3v) is 5.72. The predicted molar refractivity (Wildman–Crippen MR) is 102 cm³/mol. The van der Waals surface area contributed by atoms with Crippen molar-refractivity contribution in [2.75, 3.05) is 13.1 Å². The quantitative estimate of drug-likeness (QED) is 0.889. The molecule has 0 radical (unpaired) electrons. The molecule has 1 amide bonds. The highest BCUT2D eigenvalue weighted by atomic mass is 16.1. The molecule has 138 valence electrons. The molecule has 0 saturated carbocycles. The Bertz CT molecular complexity index is 747. The average Bonchev–Trinajstić information content (AvgIpc) is 3.03. The summed E-state index contributed by atoms with van der Waals surface area (Å²) in [4.78, 5) is 23.0. The fourth-order valence-electron chi connectivity index (χ4n) is 4.24. The first-order valence-electron chi connectivity index (χ1n) is 9.78. The zero-order chi connectivity index (χ0) is 17.9. The van der Waals surface area contributed by atoms with Crippen LogP contribution in [0.1, 0.15) is 42.0 Å². The lowest BCUT2D eigenvalue weighted by atomic mass is 9.88. The van der Waals surface area contributed by atoms with Gasteiger partial charge >= 0.3 is 0 Å². The van der Waals surface area contributed by atoms with Crippen molar-refractivity contribution in [3.05, 3.63) is 53.1 Å². The lowest BCUT2D eigenvalue weighted by molar-refractivity contribution is -0.126. The van der Waals surface area contributed by atoms with E-state index in [9.17, 15) is 4.79 Å². The standard InChI is InChI=1S/C21H28N4O/c1-15-22-19-8-7-17(13-20(19)23-15)21(26)24-18-9-11-25(12-10-18)14-16-5-3-2-4-6-16/h2-6,17-18H,7-14H2,1H3,(H,22,23)(H,24,26)/t17-/m1/s1. The number of benzene rings is 1. The monoisotopic (exact) mass is 352 g/mol. The Balaban J connectivity index is 1.25. The van der Waals surface area contributed by atoms with E-state index in [1.165, 1.54) is 5.56 Å². The van der Waals surface area contributed by atoms with Gasteiger partial charge < -0.3 is 10.3 Å². The zero-order valence-corrected chi connectivity index (χ0v) is 15.5. The van der Waals surface area contributed by atoms with Crippen molar-refractivity contribution in [1.82, 2.24) is 20.2 Å². The van der Waals surface area contributed by atoms with E-state index in [-0.39, 0.29) is 11.8 Å². The smallest absolute Gasteiger partial charge is 0.223 e. The Kier molecular flexibility index (Phi) is 5.07. The highest BCUT2D eigenvalue weighted by molar-refractivity contribution is 5.79. The van der Waals surface area contributed by atoms with Gasteiger partial charge in [0.15, 0.2) is 0 Å². The number of hydrogen-bond acceptors (Lipinski definition) is 3. The lowest BCUT2D eigenvalue weighted by Gasteiger charge is -2.33.